The molecule has 0 aliphatic heterocycles. The number of amides is 1. The fourth-order valence-corrected chi connectivity index (χ4v) is 2.91. The summed E-state index contributed by atoms with van der Waals surface area (Å²) in [6.07, 6.45) is 2.93. The molecule has 1 unspecified atom stereocenters. The van der Waals surface area contributed by atoms with E-state index in [-0.39, 0.29) is 36.2 Å². The maximum Gasteiger partial charge on any atom is 0.224 e. The predicted molar refractivity (Wildman–Crippen MR) is 84.0 cm³/mol. The summed E-state index contributed by atoms with van der Waals surface area (Å²) in [4.78, 5) is 16.6. The molecular weight excluding hydrogens is 295 g/mol. The molecule has 120 valence electrons. The molecule has 1 fully saturated rings. The van der Waals surface area contributed by atoms with Gasteiger partial charge in [0.2, 0.25) is 5.91 Å². The van der Waals surface area contributed by atoms with Crippen LogP contribution in [0.1, 0.15) is 30.1 Å². The van der Waals surface area contributed by atoms with Gasteiger partial charge in [0.1, 0.15) is 5.82 Å². The molecule has 1 aliphatic carbocycles. The fraction of sp³-hybridized carbons (Fsp3) is 0.333. The first-order valence-electron chi connectivity index (χ1n) is 7.74. The van der Waals surface area contributed by atoms with Crippen molar-refractivity contribution in [2.75, 3.05) is 0 Å². The van der Waals surface area contributed by atoms with Gasteiger partial charge in [0.05, 0.1) is 24.3 Å². The molecule has 3 rings (SSSR count). The first-order valence-corrected chi connectivity index (χ1v) is 7.74. The average Bonchev–Trinajstić information content (AvgIpc) is 2.53. The number of aliphatic hydroxyl groups is 1. The molecule has 0 saturated heterocycles. The van der Waals surface area contributed by atoms with E-state index in [4.69, 9.17) is 0 Å². The molecule has 1 aliphatic rings. The Morgan fingerprint density at radius 2 is 2.00 bits per heavy atom. The number of aromatic nitrogens is 1. The molecule has 0 radical (unpaired) electrons. The molecule has 23 heavy (non-hydrogen) atoms. The van der Waals surface area contributed by atoms with Crippen LogP contribution >= 0.6 is 0 Å². The maximum absolute atomic E-state index is 12.9. The number of benzene rings is 1. The number of aliphatic hydroxyl groups excluding tert-OH is 1. The van der Waals surface area contributed by atoms with Gasteiger partial charge in [0.25, 0.3) is 0 Å². The minimum absolute atomic E-state index is 0.131. The van der Waals surface area contributed by atoms with Crippen molar-refractivity contribution in [1.82, 2.24) is 10.3 Å². The zero-order valence-corrected chi connectivity index (χ0v) is 12.7. The van der Waals surface area contributed by atoms with E-state index in [1.54, 1.807) is 18.3 Å². The molecule has 1 heterocycles. The number of nitrogens with one attached hydrogen (secondary N) is 1. The molecule has 0 bridgehead atoms. The average molecular weight is 314 g/mol. The van der Waals surface area contributed by atoms with Crippen molar-refractivity contribution < 1.29 is 14.3 Å². The van der Waals surface area contributed by atoms with Gasteiger partial charge in [0.15, 0.2) is 0 Å². The van der Waals surface area contributed by atoms with Crippen LogP contribution in [0, 0.1) is 11.7 Å². The summed E-state index contributed by atoms with van der Waals surface area (Å²) < 4.78 is 12.9. The molecule has 1 aromatic heterocycles. The Balaban J connectivity index is 1.68. The van der Waals surface area contributed by atoms with Crippen molar-refractivity contribution in [2.45, 2.75) is 31.4 Å². The van der Waals surface area contributed by atoms with Crippen molar-refractivity contribution in [1.29, 1.82) is 0 Å². The van der Waals surface area contributed by atoms with Gasteiger partial charge < -0.3 is 10.4 Å². The molecule has 1 saturated carbocycles. The van der Waals surface area contributed by atoms with E-state index in [2.05, 4.69) is 10.3 Å². The third kappa shape index (κ3) is 3.93. The first kappa shape index (κ1) is 15.6. The third-order valence-electron chi connectivity index (χ3n) is 4.22. The van der Waals surface area contributed by atoms with Crippen molar-refractivity contribution in [3.05, 3.63) is 65.7 Å². The van der Waals surface area contributed by atoms with Crippen LogP contribution in [0.3, 0.4) is 0 Å². The van der Waals surface area contributed by atoms with Crippen LogP contribution in [-0.2, 0) is 11.2 Å². The highest BCUT2D eigenvalue weighted by atomic mass is 19.1. The van der Waals surface area contributed by atoms with Gasteiger partial charge in [-0.05, 0) is 48.6 Å². The molecule has 0 spiro atoms. The van der Waals surface area contributed by atoms with Crippen molar-refractivity contribution >= 4 is 5.91 Å². The SMILES string of the molecule is O=C(Cc1ccc(F)cc1)NC(c1ccccn1)C1CC(O)C1. The summed E-state index contributed by atoms with van der Waals surface area (Å²) >= 11 is 0. The lowest BCUT2D eigenvalue weighted by Gasteiger charge is -2.37. The summed E-state index contributed by atoms with van der Waals surface area (Å²) in [5.41, 5.74) is 1.56. The monoisotopic (exact) mass is 314 g/mol. The topological polar surface area (TPSA) is 62.2 Å². The second-order valence-corrected chi connectivity index (χ2v) is 5.99. The molecule has 5 heteroatoms. The van der Waals surface area contributed by atoms with Crippen LogP contribution in [0.4, 0.5) is 4.39 Å². The van der Waals surface area contributed by atoms with Crippen LogP contribution < -0.4 is 5.32 Å². The molecule has 1 aromatic carbocycles. The zero-order valence-electron chi connectivity index (χ0n) is 12.7. The fourth-order valence-electron chi connectivity index (χ4n) is 2.91. The quantitative estimate of drug-likeness (QED) is 0.891. The van der Waals surface area contributed by atoms with Gasteiger partial charge in [0, 0.05) is 6.20 Å². The van der Waals surface area contributed by atoms with Crippen LogP contribution in [0.5, 0.6) is 0 Å². The second kappa shape index (κ2) is 6.87. The van der Waals surface area contributed by atoms with E-state index >= 15 is 0 Å². The Morgan fingerprint density at radius 1 is 1.26 bits per heavy atom. The van der Waals surface area contributed by atoms with Gasteiger partial charge in [-0.1, -0.05) is 18.2 Å². The lowest BCUT2D eigenvalue weighted by atomic mass is 9.76. The Labute approximate surface area is 134 Å². The van der Waals surface area contributed by atoms with Crippen molar-refractivity contribution in [2.24, 2.45) is 5.92 Å². The number of hydrogen-bond acceptors (Lipinski definition) is 3. The van der Waals surface area contributed by atoms with Crippen LogP contribution in [0.25, 0.3) is 0 Å². The smallest absolute Gasteiger partial charge is 0.224 e. The minimum Gasteiger partial charge on any atom is -0.393 e. The van der Waals surface area contributed by atoms with Crippen LogP contribution in [0.2, 0.25) is 0 Å². The van der Waals surface area contributed by atoms with E-state index in [1.165, 1.54) is 12.1 Å². The Morgan fingerprint density at radius 3 is 2.61 bits per heavy atom. The normalized spacial score (nSPS) is 21.3. The zero-order chi connectivity index (χ0) is 16.2. The van der Waals surface area contributed by atoms with Crippen LogP contribution in [-0.4, -0.2) is 22.1 Å². The second-order valence-electron chi connectivity index (χ2n) is 5.99. The molecular formula is C18H19FN2O2. The predicted octanol–water partition coefficient (Wildman–Crippen LogP) is 2.39. The summed E-state index contributed by atoms with van der Waals surface area (Å²) in [7, 11) is 0. The number of rotatable bonds is 5. The molecule has 2 aromatic rings. The van der Waals surface area contributed by atoms with E-state index < -0.39 is 0 Å². The lowest BCUT2D eigenvalue weighted by molar-refractivity contribution is -0.122. The summed E-state index contributed by atoms with van der Waals surface area (Å²) in [6.45, 7) is 0. The van der Waals surface area contributed by atoms with E-state index in [0.717, 1.165) is 11.3 Å². The van der Waals surface area contributed by atoms with Gasteiger partial charge in [-0.15, -0.1) is 0 Å². The number of carbonyl (C=O) groups excluding carboxylic acids is 1. The number of pyridine rings is 1. The first-order chi connectivity index (χ1) is 11.1. The standard InChI is InChI=1S/C18H19FN2O2/c19-14-6-4-12(5-7-14)9-17(23)21-18(13-10-15(22)11-13)16-3-1-2-8-20-16/h1-8,13,15,18,22H,9-11H2,(H,21,23). The molecule has 1 atom stereocenters. The Kier molecular flexibility index (Phi) is 4.67. The molecule has 2 N–H and O–H groups in total. The van der Waals surface area contributed by atoms with Gasteiger partial charge in [-0.25, -0.2) is 4.39 Å². The van der Waals surface area contributed by atoms with Gasteiger partial charge in [-0.2, -0.15) is 0 Å². The summed E-state index contributed by atoms with van der Waals surface area (Å²) in [5, 5.41) is 12.6. The Bertz CT molecular complexity index is 654. The minimum atomic E-state index is -0.316. The van der Waals surface area contributed by atoms with E-state index in [1.807, 2.05) is 18.2 Å². The highest BCUT2D eigenvalue weighted by Crippen LogP contribution is 2.37. The third-order valence-corrected chi connectivity index (χ3v) is 4.22. The lowest BCUT2D eigenvalue weighted by Crippen LogP contribution is -2.42. The number of carbonyl (C=O) groups is 1. The van der Waals surface area contributed by atoms with Crippen LogP contribution in [0.15, 0.2) is 48.7 Å². The van der Waals surface area contributed by atoms with Crippen molar-refractivity contribution in [3.63, 3.8) is 0 Å². The highest BCUT2D eigenvalue weighted by molar-refractivity contribution is 5.79. The number of halogens is 1. The molecule has 1 amide bonds. The summed E-state index contributed by atoms with van der Waals surface area (Å²) in [5.74, 6) is -0.255. The largest absolute Gasteiger partial charge is 0.393 e. The number of hydrogen-bond donors (Lipinski definition) is 2. The van der Waals surface area contributed by atoms with E-state index in [0.29, 0.717) is 12.8 Å². The Hall–Kier alpha value is -2.27. The molecule has 4 nitrogen and oxygen atoms in total. The van der Waals surface area contributed by atoms with Crippen molar-refractivity contribution in [3.8, 4) is 0 Å². The van der Waals surface area contributed by atoms with E-state index in [9.17, 15) is 14.3 Å². The number of nitrogens with zero attached hydrogens (tertiary/aromatic N) is 1. The summed E-state index contributed by atoms with van der Waals surface area (Å²) in [6, 6.07) is 11.3. The maximum atomic E-state index is 12.9. The highest BCUT2D eigenvalue weighted by Gasteiger charge is 2.36. The van der Waals surface area contributed by atoms with Gasteiger partial charge in [-0.3, -0.25) is 9.78 Å². The van der Waals surface area contributed by atoms with Gasteiger partial charge >= 0.3 is 0 Å².